The summed E-state index contributed by atoms with van der Waals surface area (Å²) in [4.78, 5) is 18.8. The number of nitriles is 2. The number of aromatic nitrogens is 1. The van der Waals surface area contributed by atoms with Crippen molar-refractivity contribution < 1.29 is 4.79 Å². The summed E-state index contributed by atoms with van der Waals surface area (Å²) in [5.41, 5.74) is 5.94. The minimum Gasteiger partial charge on any atom is -0.317 e. The van der Waals surface area contributed by atoms with Crippen molar-refractivity contribution in [2.45, 2.75) is 62.8 Å². The van der Waals surface area contributed by atoms with E-state index in [1.54, 1.807) is 11.3 Å². The van der Waals surface area contributed by atoms with Crippen molar-refractivity contribution in [2.75, 3.05) is 11.1 Å². The van der Waals surface area contributed by atoms with Crippen LogP contribution in [0.2, 0.25) is 0 Å². The third-order valence-electron chi connectivity index (χ3n) is 7.19. The highest BCUT2D eigenvalue weighted by molar-refractivity contribution is 7.99. The molecule has 2 heterocycles. The molecular formula is C29H28N4OS2. The molecule has 182 valence electrons. The molecule has 1 N–H and O–H groups in total. The summed E-state index contributed by atoms with van der Waals surface area (Å²) in [6, 6.07) is 17.1. The van der Waals surface area contributed by atoms with Gasteiger partial charge in [-0.25, -0.2) is 4.98 Å². The third kappa shape index (κ3) is 5.19. The maximum Gasteiger partial charge on any atom is 0.225 e. The number of fused-ring (bicyclic) bond motifs is 2. The maximum absolute atomic E-state index is 12.8. The van der Waals surface area contributed by atoms with Crippen LogP contribution in [0.4, 0.5) is 5.00 Å². The number of thioether (sulfide) groups is 1. The van der Waals surface area contributed by atoms with Crippen molar-refractivity contribution in [3.8, 4) is 12.1 Å². The molecule has 2 aliphatic carbocycles. The molecular weight excluding hydrogens is 484 g/mol. The van der Waals surface area contributed by atoms with Crippen LogP contribution >= 0.6 is 23.1 Å². The lowest BCUT2D eigenvalue weighted by Crippen LogP contribution is -2.14. The normalized spacial score (nSPS) is 18.4. The van der Waals surface area contributed by atoms with Gasteiger partial charge in [-0.05, 0) is 73.1 Å². The van der Waals surface area contributed by atoms with E-state index in [0.717, 1.165) is 54.8 Å². The van der Waals surface area contributed by atoms with Crippen LogP contribution < -0.4 is 5.32 Å². The molecule has 0 bridgehead atoms. The van der Waals surface area contributed by atoms with E-state index in [1.807, 2.05) is 12.1 Å². The molecule has 0 fully saturated rings. The van der Waals surface area contributed by atoms with Gasteiger partial charge in [-0.3, -0.25) is 4.79 Å². The Bertz CT molecular complexity index is 1370. The number of benzene rings is 1. The Hall–Kier alpha value is -3.13. The maximum atomic E-state index is 12.8. The van der Waals surface area contributed by atoms with Crippen LogP contribution in [-0.2, 0) is 30.5 Å². The van der Waals surface area contributed by atoms with Gasteiger partial charge in [-0.15, -0.1) is 23.1 Å². The molecule has 1 aromatic carbocycles. The fourth-order valence-electron chi connectivity index (χ4n) is 5.25. The number of aryl methyl sites for hydroxylation is 1. The highest BCUT2D eigenvalue weighted by Crippen LogP contribution is 2.42. The van der Waals surface area contributed by atoms with Gasteiger partial charge in [0.25, 0.3) is 0 Å². The predicted octanol–water partition coefficient (Wildman–Crippen LogP) is 6.40. The lowest BCUT2D eigenvalue weighted by Gasteiger charge is -2.22. The number of hydrogen-bond donors (Lipinski definition) is 1. The van der Waals surface area contributed by atoms with Gasteiger partial charge in [0.1, 0.15) is 22.2 Å². The summed E-state index contributed by atoms with van der Waals surface area (Å²) in [7, 11) is 0. The molecule has 5 rings (SSSR count). The highest BCUT2D eigenvalue weighted by Gasteiger charge is 2.27. The van der Waals surface area contributed by atoms with Crippen molar-refractivity contribution in [1.29, 1.82) is 10.5 Å². The zero-order valence-electron chi connectivity index (χ0n) is 20.3. The lowest BCUT2D eigenvalue weighted by molar-refractivity contribution is -0.115. The molecule has 0 radical (unpaired) electrons. The summed E-state index contributed by atoms with van der Waals surface area (Å²) < 4.78 is 0. The first-order valence-electron chi connectivity index (χ1n) is 12.5. The number of hydrogen-bond acceptors (Lipinski definition) is 6. The topological polar surface area (TPSA) is 89.6 Å². The van der Waals surface area contributed by atoms with Gasteiger partial charge in [0.15, 0.2) is 0 Å². The molecule has 0 saturated carbocycles. The SMILES string of the molecule is CC1CCc2nc(SCCC(=O)Nc3sc4c(c3C#N)CCC(c3ccccc3)C4)c(C#N)cc2C1. The quantitative estimate of drug-likeness (QED) is 0.386. The van der Waals surface area contributed by atoms with E-state index in [4.69, 9.17) is 4.98 Å². The van der Waals surface area contributed by atoms with Crippen LogP contribution in [0.25, 0.3) is 0 Å². The van der Waals surface area contributed by atoms with Crippen molar-refractivity contribution in [3.63, 3.8) is 0 Å². The number of nitrogens with one attached hydrogen (secondary N) is 1. The largest absolute Gasteiger partial charge is 0.317 e. The van der Waals surface area contributed by atoms with Crippen molar-refractivity contribution >= 4 is 34.0 Å². The summed E-state index contributed by atoms with van der Waals surface area (Å²) in [6.07, 6.45) is 6.12. The molecule has 36 heavy (non-hydrogen) atoms. The predicted molar refractivity (Wildman–Crippen MR) is 144 cm³/mol. The number of rotatable bonds is 6. The number of thiophene rings is 1. The van der Waals surface area contributed by atoms with Crippen LogP contribution in [0.5, 0.6) is 0 Å². The molecule has 5 nitrogen and oxygen atoms in total. The Morgan fingerprint density at radius 1 is 1.17 bits per heavy atom. The average Bonchev–Trinajstić information content (AvgIpc) is 3.24. The first-order valence-corrected chi connectivity index (χ1v) is 14.3. The number of anilines is 1. The van der Waals surface area contributed by atoms with E-state index in [9.17, 15) is 15.3 Å². The van der Waals surface area contributed by atoms with Crippen LogP contribution in [0.3, 0.4) is 0 Å². The third-order valence-corrected chi connectivity index (χ3v) is 9.35. The standard InChI is InChI=1S/C29H28N4OS2/c1-18-7-10-25-21(13-18)14-22(16-30)28(32-25)35-12-11-27(34)33-29-24(17-31)23-9-8-20(15-26(23)36-29)19-5-3-2-4-6-19/h2-6,14,18,20H,7-13,15H2,1H3,(H,33,34). The second-order valence-electron chi connectivity index (χ2n) is 9.72. The van der Waals surface area contributed by atoms with Gasteiger partial charge in [0, 0.05) is 22.7 Å². The summed E-state index contributed by atoms with van der Waals surface area (Å²) in [5.74, 6) is 1.50. The van der Waals surface area contributed by atoms with Gasteiger partial charge < -0.3 is 5.32 Å². The van der Waals surface area contributed by atoms with Gasteiger partial charge in [-0.2, -0.15) is 10.5 Å². The number of carbonyl (C=O) groups excluding carboxylic acids is 1. The van der Waals surface area contributed by atoms with E-state index in [1.165, 1.54) is 27.8 Å². The zero-order chi connectivity index (χ0) is 25.1. The first kappa shape index (κ1) is 24.6. The zero-order valence-corrected chi connectivity index (χ0v) is 22.0. The van der Waals surface area contributed by atoms with E-state index in [2.05, 4.69) is 48.6 Å². The molecule has 7 heteroatoms. The van der Waals surface area contributed by atoms with E-state index < -0.39 is 0 Å². The van der Waals surface area contributed by atoms with Gasteiger partial charge in [-0.1, -0.05) is 37.3 Å². The first-order chi connectivity index (χ1) is 17.6. The summed E-state index contributed by atoms with van der Waals surface area (Å²) >= 11 is 3.01. The van der Waals surface area contributed by atoms with Gasteiger partial charge in [0.2, 0.25) is 5.91 Å². The molecule has 2 unspecified atom stereocenters. The van der Waals surface area contributed by atoms with Gasteiger partial charge >= 0.3 is 0 Å². The molecule has 2 aromatic heterocycles. The molecule has 1 amide bonds. The molecule has 2 aliphatic rings. The Labute approximate surface area is 220 Å². The fraction of sp³-hybridized carbons (Fsp3) is 0.379. The fourth-order valence-corrected chi connectivity index (χ4v) is 7.46. The number of amides is 1. The van der Waals surface area contributed by atoms with Crippen LogP contribution in [0, 0.1) is 28.6 Å². The number of nitrogens with zero attached hydrogens (tertiary/aromatic N) is 3. The lowest BCUT2D eigenvalue weighted by atomic mass is 9.83. The van der Waals surface area contributed by atoms with E-state index in [-0.39, 0.29) is 5.91 Å². The number of pyridine rings is 1. The Morgan fingerprint density at radius 2 is 2.00 bits per heavy atom. The van der Waals surface area contributed by atoms with Crippen molar-refractivity contribution in [2.24, 2.45) is 5.92 Å². The smallest absolute Gasteiger partial charge is 0.225 e. The Balaban J connectivity index is 1.22. The molecule has 0 aliphatic heterocycles. The molecule has 3 aromatic rings. The van der Waals surface area contributed by atoms with E-state index >= 15 is 0 Å². The van der Waals surface area contributed by atoms with Crippen molar-refractivity contribution in [1.82, 2.24) is 4.98 Å². The molecule has 0 saturated heterocycles. The summed E-state index contributed by atoms with van der Waals surface area (Å²) in [5, 5.41) is 23.8. The molecule has 2 atom stereocenters. The van der Waals surface area contributed by atoms with E-state index in [0.29, 0.717) is 40.1 Å². The van der Waals surface area contributed by atoms with Crippen molar-refractivity contribution in [3.05, 3.63) is 74.8 Å². The van der Waals surface area contributed by atoms with Crippen LogP contribution in [-0.4, -0.2) is 16.6 Å². The minimum atomic E-state index is -0.109. The van der Waals surface area contributed by atoms with Crippen LogP contribution in [0.15, 0.2) is 41.4 Å². The second kappa shape index (κ2) is 10.9. The number of carbonyl (C=O) groups is 1. The summed E-state index contributed by atoms with van der Waals surface area (Å²) in [6.45, 7) is 2.24. The minimum absolute atomic E-state index is 0.109. The Morgan fingerprint density at radius 3 is 2.78 bits per heavy atom. The highest BCUT2D eigenvalue weighted by atomic mass is 32.2. The Kier molecular flexibility index (Phi) is 7.41. The monoisotopic (exact) mass is 512 g/mol. The van der Waals surface area contributed by atoms with Crippen LogP contribution in [0.1, 0.15) is 70.5 Å². The molecule has 0 spiro atoms. The second-order valence-corrected chi connectivity index (χ2v) is 11.9. The average molecular weight is 513 g/mol. The van der Waals surface area contributed by atoms with Gasteiger partial charge in [0.05, 0.1) is 11.1 Å².